The van der Waals surface area contributed by atoms with Crippen molar-refractivity contribution in [1.29, 1.82) is 0 Å². The number of aliphatic hydroxyl groups excluding tert-OH is 1. The second kappa shape index (κ2) is 5.50. The molecule has 0 bridgehead atoms. The van der Waals surface area contributed by atoms with Crippen molar-refractivity contribution >= 4 is 0 Å². The maximum Gasteiger partial charge on any atom is 0.0965 e. The van der Waals surface area contributed by atoms with Gasteiger partial charge in [-0.25, -0.2) is 4.68 Å². The van der Waals surface area contributed by atoms with Crippen LogP contribution in [0, 0.1) is 0 Å². The maximum absolute atomic E-state index is 9.00. The number of rotatable bonds is 6. The molecule has 3 rings (SSSR count). The molecule has 0 saturated heterocycles. The van der Waals surface area contributed by atoms with Gasteiger partial charge in [0.2, 0.25) is 0 Å². The van der Waals surface area contributed by atoms with E-state index in [0.717, 1.165) is 23.4 Å². The first-order valence-electron chi connectivity index (χ1n) is 6.64. The lowest BCUT2D eigenvalue weighted by molar-refractivity contribution is 0.282. The number of aliphatic hydroxyl groups is 1. The van der Waals surface area contributed by atoms with Gasteiger partial charge in [-0.15, -0.1) is 5.10 Å². The lowest BCUT2D eigenvalue weighted by atomic mass is 10.1. The minimum absolute atomic E-state index is 0.0839. The number of hydrogen-bond acceptors (Lipinski definition) is 4. The number of nitrogens with zero attached hydrogens (tertiary/aromatic N) is 3. The van der Waals surface area contributed by atoms with E-state index in [4.69, 9.17) is 5.11 Å². The summed E-state index contributed by atoms with van der Waals surface area (Å²) in [5, 5.41) is 20.7. The van der Waals surface area contributed by atoms with Crippen LogP contribution < -0.4 is 5.32 Å². The SMILES string of the molecule is OCc1ccc(Cn2cc(CNC3CC3)nn2)cc1. The first-order chi connectivity index (χ1) is 9.33. The third-order valence-electron chi connectivity index (χ3n) is 3.29. The van der Waals surface area contributed by atoms with E-state index in [0.29, 0.717) is 12.6 Å². The van der Waals surface area contributed by atoms with Gasteiger partial charge in [0.05, 0.1) is 25.0 Å². The second-order valence-electron chi connectivity index (χ2n) is 5.04. The van der Waals surface area contributed by atoms with E-state index in [9.17, 15) is 0 Å². The molecule has 5 nitrogen and oxygen atoms in total. The average molecular weight is 258 g/mol. The van der Waals surface area contributed by atoms with E-state index >= 15 is 0 Å². The zero-order valence-electron chi connectivity index (χ0n) is 10.8. The highest BCUT2D eigenvalue weighted by Gasteiger charge is 2.20. The predicted molar refractivity (Wildman–Crippen MR) is 71.4 cm³/mol. The molecule has 19 heavy (non-hydrogen) atoms. The van der Waals surface area contributed by atoms with Crippen molar-refractivity contribution in [3.8, 4) is 0 Å². The number of benzene rings is 1. The van der Waals surface area contributed by atoms with Gasteiger partial charge in [0, 0.05) is 12.6 Å². The van der Waals surface area contributed by atoms with Crippen LogP contribution in [-0.4, -0.2) is 26.1 Å². The summed E-state index contributed by atoms with van der Waals surface area (Å²) in [7, 11) is 0. The Labute approximate surface area is 112 Å². The molecule has 1 aromatic heterocycles. The molecule has 1 heterocycles. The first kappa shape index (κ1) is 12.3. The molecule has 1 aliphatic carbocycles. The summed E-state index contributed by atoms with van der Waals surface area (Å²) in [6.45, 7) is 1.59. The Morgan fingerprint density at radius 3 is 2.63 bits per heavy atom. The van der Waals surface area contributed by atoms with Gasteiger partial charge in [-0.2, -0.15) is 0 Å². The summed E-state index contributed by atoms with van der Waals surface area (Å²) in [6.07, 6.45) is 4.55. The van der Waals surface area contributed by atoms with Crippen molar-refractivity contribution in [2.75, 3.05) is 0 Å². The standard InChI is InChI=1S/C14H18N4O/c19-10-12-3-1-11(2-4-12)8-18-9-14(16-17-18)7-15-13-5-6-13/h1-4,9,13,15,19H,5-8,10H2. The molecule has 2 N–H and O–H groups in total. The van der Waals surface area contributed by atoms with Crippen molar-refractivity contribution in [3.63, 3.8) is 0 Å². The minimum atomic E-state index is 0.0839. The molecular weight excluding hydrogens is 240 g/mol. The Balaban J connectivity index is 1.58. The van der Waals surface area contributed by atoms with Crippen LogP contribution in [0.3, 0.4) is 0 Å². The second-order valence-corrected chi connectivity index (χ2v) is 5.04. The highest BCUT2D eigenvalue weighted by atomic mass is 16.3. The molecule has 1 aromatic carbocycles. The summed E-state index contributed by atoms with van der Waals surface area (Å²) in [4.78, 5) is 0. The highest BCUT2D eigenvalue weighted by molar-refractivity contribution is 5.22. The Hall–Kier alpha value is -1.72. The lowest BCUT2D eigenvalue weighted by Crippen LogP contribution is -2.15. The van der Waals surface area contributed by atoms with E-state index < -0.39 is 0 Å². The Bertz CT molecular complexity index is 531. The van der Waals surface area contributed by atoms with Crippen molar-refractivity contribution in [1.82, 2.24) is 20.3 Å². The van der Waals surface area contributed by atoms with Gasteiger partial charge in [0.25, 0.3) is 0 Å². The molecule has 0 atom stereocenters. The minimum Gasteiger partial charge on any atom is -0.392 e. The normalized spacial score (nSPS) is 14.8. The van der Waals surface area contributed by atoms with Crippen LogP contribution in [0.4, 0.5) is 0 Å². The Morgan fingerprint density at radius 2 is 1.95 bits per heavy atom. The molecule has 0 unspecified atom stereocenters. The first-order valence-corrected chi connectivity index (χ1v) is 6.64. The van der Waals surface area contributed by atoms with Gasteiger partial charge in [0.15, 0.2) is 0 Å². The van der Waals surface area contributed by atoms with Gasteiger partial charge >= 0.3 is 0 Å². The van der Waals surface area contributed by atoms with E-state index in [-0.39, 0.29) is 6.61 Å². The maximum atomic E-state index is 9.00. The molecular formula is C14H18N4O. The molecule has 100 valence electrons. The van der Waals surface area contributed by atoms with Crippen molar-refractivity contribution in [3.05, 3.63) is 47.3 Å². The van der Waals surface area contributed by atoms with Crippen LogP contribution in [-0.2, 0) is 19.7 Å². The van der Waals surface area contributed by atoms with E-state index in [1.165, 1.54) is 12.8 Å². The average Bonchev–Trinajstić information content (AvgIpc) is 3.17. The van der Waals surface area contributed by atoms with Gasteiger partial charge in [-0.05, 0) is 24.0 Å². The molecule has 0 spiro atoms. The third-order valence-corrected chi connectivity index (χ3v) is 3.29. The smallest absolute Gasteiger partial charge is 0.0965 e. The van der Waals surface area contributed by atoms with Gasteiger partial charge in [0.1, 0.15) is 0 Å². The van der Waals surface area contributed by atoms with Crippen LogP contribution >= 0.6 is 0 Å². The van der Waals surface area contributed by atoms with Crippen LogP contribution in [0.5, 0.6) is 0 Å². The summed E-state index contributed by atoms with van der Waals surface area (Å²) in [5.41, 5.74) is 3.07. The number of nitrogens with one attached hydrogen (secondary N) is 1. The molecule has 5 heteroatoms. The number of hydrogen-bond donors (Lipinski definition) is 2. The van der Waals surface area contributed by atoms with E-state index in [1.54, 1.807) is 0 Å². The fourth-order valence-corrected chi connectivity index (χ4v) is 1.97. The number of aromatic nitrogens is 3. The Kier molecular flexibility index (Phi) is 3.57. The van der Waals surface area contributed by atoms with Crippen LogP contribution in [0.2, 0.25) is 0 Å². The molecule has 2 aromatic rings. The van der Waals surface area contributed by atoms with Gasteiger partial charge in [-0.3, -0.25) is 0 Å². The molecule has 0 radical (unpaired) electrons. The van der Waals surface area contributed by atoms with E-state index in [1.807, 2.05) is 35.1 Å². The van der Waals surface area contributed by atoms with Crippen LogP contribution in [0.1, 0.15) is 29.7 Å². The third kappa shape index (κ3) is 3.39. The highest BCUT2D eigenvalue weighted by Crippen LogP contribution is 2.18. The fourth-order valence-electron chi connectivity index (χ4n) is 1.97. The molecule has 0 aliphatic heterocycles. The molecule has 1 saturated carbocycles. The van der Waals surface area contributed by atoms with Crippen molar-refractivity contribution in [2.24, 2.45) is 0 Å². The van der Waals surface area contributed by atoms with Crippen molar-refractivity contribution in [2.45, 2.75) is 38.6 Å². The quantitative estimate of drug-likeness (QED) is 0.813. The topological polar surface area (TPSA) is 63.0 Å². The summed E-state index contributed by atoms with van der Waals surface area (Å²) < 4.78 is 1.85. The van der Waals surface area contributed by atoms with Crippen molar-refractivity contribution < 1.29 is 5.11 Å². The van der Waals surface area contributed by atoms with Gasteiger partial charge < -0.3 is 10.4 Å². The molecule has 1 fully saturated rings. The fraction of sp³-hybridized carbons (Fsp3) is 0.429. The van der Waals surface area contributed by atoms with Crippen LogP contribution in [0.25, 0.3) is 0 Å². The lowest BCUT2D eigenvalue weighted by Gasteiger charge is -2.02. The zero-order chi connectivity index (χ0) is 13.1. The Morgan fingerprint density at radius 1 is 1.21 bits per heavy atom. The van der Waals surface area contributed by atoms with Crippen LogP contribution in [0.15, 0.2) is 30.5 Å². The largest absolute Gasteiger partial charge is 0.392 e. The summed E-state index contributed by atoms with van der Waals surface area (Å²) >= 11 is 0. The monoisotopic (exact) mass is 258 g/mol. The molecule has 1 aliphatic rings. The predicted octanol–water partition coefficient (Wildman–Crippen LogP) is 1.07. The zero-order valence-corrected chi connectivity index (χ0v) is 10.8. The van der Waals surface area contributed by atoms with E-state index in [2.05, 4.69) is 15.6 Å². The summed E-state index contributed by atoms with van der Waals surface area (Å²) in [5.74, 6) is 0. The van der Waals surface area contributed by atoms with Gasteiger partial charge in [-0.1, -0.05) is 29.5 Å². The summed E-state index contributed by atoms with van der Waals surface area (Å²) in [6, 6.07) is 8.57. The molecule has 0 amide bonds.